The van der Waals surface area contributed by atoms with Gasteiger partial charge in [0, 0.05) is 12.7 Å². The Kier molecular flexibility index (Phi) is 3.10. The summed E-state index contributed by atoms with van der Waals surface area (Å²) in [4.78, 5) is 2.20. The summed E-state index contributed by atoms with van der Waals surface area (Å²) < 4.78 is 0. The largest absolute Gasteiger partial charge is 0.350 e. The minimum absolute atomic E-state index is 0.151. The van der Waals surface area contributed by atoms with Crippen molar-refractivity contribution >= 4 is 21.6 Å². The van der Waals surface area contributed by atoms with E-state index in [-0.39, 0.29) is 11.1 Å². The van der Waals surface area contributed by atoms with Crippen LogP contribution in [0.5, 0.6) is 0 Å². The minimum Gasteiger partial charge on any atom is -0.350 e. The average Bonchev–Trinajstić information content (AvgIpc) is 2.44. The van der Waals surface area contributed by atoms with Gasteiger partial charge in [-0.2, -0.15) is 0 Å². The van der Waals surface area contributed by atoms with Crippen LogP contribution in [0.15, 0.2) is 54.6 Å². The molecule has 92 valence electrons. The molecule has 2 aromatic carbocycles. The smallest absolute Gasteiger partial charge is 0.137 e. The normalized spacial score (nSPS) is 22.7. The van der Waals surface area contributed by atoms with Crippen LogP contribution in [-0.4, -0.2) is 12.1 Å². The number of nitrogens with one attached hydrogen (secondary N) is 1. The van der Waals surface area contributed by atoms with E-state index < -0.39 is 0 Å². The predicted octanol–water partition coefficient (Wildman–Crippen LogP) is 3.49. The topological polar surface area (TPSA) is 15.3 Å². The Hall–Kier alpha value is -1.32. The van der Waals surface area contributed by atoms with Gasteiger partial charge in [-0.1, -0.05) is 48.5 Å². The first kappa shape index (κ1) is 11.8. The van der Waals surface area contributed by atoms with E-state index in [0.29, 0.717) is 0 Å². The Morgan fingerprint density at radius 3 is 2.44 bits per heavy atom. The van der Waals surface area contributed by atoms with Crippen LogP contribution in [0.4, 0.5) is 5.69 Å². The standard InChI is InChI=1S/C15H15BrN2/c1-18-13-10-6-5-9-12(13)14(17-15(18)16)11-7-3-2-4-8-11/h2-10,14-15,17H,1H3. The van der Waals surface area contributed by atoms with Gasteiger partial charge in [0.25, 0.3) is 0 Å². The molecular formula is C15H15BrN2. The zero-order chi connectivity index (χ0) is 12.5. The Balaban J connectivity index is 2.10. The number of anilines is 1. The first-order valence-electron chi connectivity index (χ1n) is 6.04. The van der Waals surface area contributed by atoms with E-state index in [1.807, 2.05) is 0 Å². The summed E-state index contributed by atoms with van der Waals surface area (Å²) in [5, 5.41) is 3.73. The molecule has 2 aromatic rings. The van der Waals surface area contributed by atoms with Gasteiger partial charge in [0.05, 0.1) is 6.04 Å². The summed E-state index contributed by atoms with van der Waals surface area (Å²) in [6.07, 6.45) is 0. The highest BCUT2D eigenvalue weighted by Gasteiger charge is 2.28. The molecule has 1 N–H and O–H groups in total. The van der Waals surface area contributed by atoms with Crippen LogP contribution < -0.4 is 10.2 Å². The number of nitrogens with zero attached hydrogens (tertiary/aromatic N) is 1. The van der Waals surface area contributed by atoms with E-state index in [0.717, 1.165) is 0 Å². The predicted molar refractivity (Wildman–Crippen MR) is 79.0 cm³/mol. The van der Waals surface area contributed by atoms with Crippen molar-refractivity contribution in [1.29, 1.82) is 0 Å². The van der Waals surface area contributed by atoms with Crippen LogP contribution in [0.1, 0.15) is 17.2 Å². The van der Waals surface area contributed by atoms with Crippen LogP contribution >= 0.6 is 15.9 Å². The van der Waals surface area contributed by atoms with E-state index in [9.17, 15) is 0 Å². The molecule has 0 spiro atoms. The zero-order valence-electron chi connectivity index (χ0n) is 10.2. The Morgan fingerprint density at radius 2 is 1.67 bits per heavy atom. The van der Waals surface area contributed by atoms with E-state index in [2.05, 4.69) is 87.8 Å². The second kappa shape index (κ2) is 4.75. The third-order valence-electron chi connectivity index (χ3n) is 3.40. The molecule has 3 heteroatoms. The van der Waals surface area contributed by atoms with Gasteiger partial charge in [0.1, 0.15) is 5.08 Å². The Bertz CT molecular complexity index is 541. The van der Waals surface area contributed by atoms with Gasteiger partial charge in [-0.25, -0.2) is 0 Å². The molecule has 3 rings (SSSR count). The molecule has 0 saturated carbocycles. The molecule has 2 nitrogen and oxygen atoms in total. The van der Waals surface area contributed by atoms with Crippen molar-refractivity contribution < 1.29 is 0 Å². The third-order valence-corrected chi connectivity index (χ3v) is 4.28. The number of benzene rings is 2. The fourth-order valence-corrected chi connectivity index (χ4v) is 2.92. The lowest BCUT2D eigenvalue weighted by molar-refractivity contribution is 0.548. The van der Waals surface area contributed by atoms with E-state index in [4.69, 9.17) is 0 Å². The molecule has 18 heavy (non-hydrogen) atoms. The van der Waals surface area contributed by atoms with Crippen molar-refractivity contribution in [3.63, 3.8) is 0 Å². The number of hydrogen-bond acceptors (Lipinski definition) is 2. The molecule has 0 aromatic heterocycles. The van der Waals surface area contributed by atoms with Crippen LogP contribution in [0.2, 0.25) is 0 Å². The molecule has 0 fully saturated rings. The Morgan fingerprint density at radius 1 is 1.00 bits per heavy atom. The van der Waals surface area contributed by atoms with Crippen LogP contribution in [0.25, 0.3) is 0 Å². The number of alkyl halides is 1. The summed E-state index contributed by atoms with van der Waals surface area (Å²) >= 11 is 3.68. The first-order chi connectivity index (χ1) is 8.77. The van der Waals surface area contributed by atoms with E-state index in [1.165, 1.54) is 16.8 Å². The monoisotopic (exact) mass is 302 g/mol. The van der Waals surface area contributed by atoms with Gasteiger partial charge in [-0.3, -0.25) is 5.32 Å². The zero-order valence-corrected chi connectivity index (χ0v) is 11.8. The van der Waals surface area contributed by atoms with Crippen molar-refractivity contribution in [2.75, 3.05) is 11.9 Å². The van der Waals surface area contributed by atoms with Gasteiger partial charge in [-0.05, 0) is 33.1 Å². The van der Waals surface area contributed by atoms with Gasteiger partial charge < -0.3 is 4.90 Å². The minimum atomic E-state index is 0.151. The summed E-state index contributed by atoms with van der Waals surface area (Å²) in [5.41, 5.74) is 3.89. The molecule has 0 bridgehead atoms. The van der Waals surface area contributed by atoms with Crippen molar-refractivity contribution in [3.8, 4) is 0 Å². The number of rotatable bonds is 1. The maximum absolute atomic E-state index is 3.68. The molecule has 1 aliphatic heterocycles. The molecule has 0 saturated heterocycles. The maximum atomic E-state index is 3.68. The van der Waals surface area contributed by atoms with Crippen LogP contribution in [-0.2, 0) is 0 Å². The first-order valence-corrected chi connectivity index (χ1v) is 6.96. The second-order valence-electron chi connectivity index (χ2n) is 4.52. The number of fused-ring (bicyclic) bond motifs is 1. The fraction of sp³-hybridized carbons (Fsp3) is 0.200. The SMILES string of the molecule is CN1c2ccccc2C(c2ccccc2)NC1Br. The molecule has 0 radical (unpaired) electrons. The van der Waals surface area contributed by atoms with Gasteiger partial charge in [-0.15, -0.1) is 0 Å². The summed E-state index contributed by atoms with van der Waals surface area (Å²) in [6.45, 7) is 0. The summed E-state index contributed by atoms with van der Waals surface area (Å²) in [6, 6.07) is 19.3. The van der Waals surface area contributed by atoms with Crippen molar-refractivity contribution in [2.45, 2.75) is 11.1 Å². The van der Waals surface area contributed by atoms with E-state index >= 15 is 0 Å². The highest BCUT2D eigenvalue weighted by molar-refractivity contribution is 9.09. The summed E-state index contributed by atoms with van der Waals surface area (Å²) in [7, 11) is 2.09. The fourth-order valence-electron chi connectivity index (χ4n) is 2.44. The van der Waals surface area contributed by atoms with Crippen LogP contribution in [0.3, 0.4) is 0 Å². The number of hydrogen-bond donors (Lipinski definition) is 1. The van der Waals surface area contributed by atoms with Gasteiger partial charge in [0.15, 0.2) is 0 Å². The Labute approximate surface area is 116 Å². The summed E-state index contributed by atoms with van der Waals surface area (Å²) in [5.74, 6) is 0. The quantitative estimate of drug-likeness (QED) is 0.641. The van der Waals surface area contributed by atoms with E-state index in [1.54, 1.807) is 0 Å². The van der Waals surface area contributed by atoms with Crippen LogP contribution in [0, 0.1) is 0 Å². The molecule has 1 heterocycles. The number of halogens is 1. The number of para-hydroxylation sites is 1. The van der Waals surface area contributed by atoms with Crippen molar-refractivity contribution in [3.05, 3.63) is 65.7 Å². The molecular weight excluding hydrogens is 288 g/mol. The molecule has 0 amide bonds. The van der Waals surface area contributed by atoms with Gasteiger partial charge >= 0.3 is 0 Å². The van der Waals surface area contributed by atoms with Crippen molar-refractivity contribution in [2.24, 2.45) is 0 Å². The molecule has 1 aliphatic rings. The highest BCUT2D eigenvalue weighted by atomic mass is 79.9. The average molecular weight is 303 g/mol. The lowest BCUT2D eigenvalue weighted by Crippen LogP contribution is -2.46. The molecule has 0 aliphatic carbocycles. The van der Waals surface area contributed by atoms with Gasteiger partial charge in [0.2, 0.25) is 0 Å². The lowest BCUT2D eigenvalue weighted by atomic mass is 9.95. The lowest BCUT2D eigenvalue weighted by Gasteiger charge is -2.38. The molecule has 2 atom stereocenters. The third kappa shape index (κ3) is 1.93. The second-order valence-corrected chi connectivity index (χ2v) is 5.38. The maximum Gasteiger partial charge on any atom is 0.137 e. The highest BCUT2D eigenvalue weighted by Crippen LogP contribution is 2.36. The van der Waals surface area contributed by atoms with Crippen molar-refractivity contribution in [1.82, 2.24) is 5.32 Å². The molecule has 2 unspecified atom stereocenters.